The van der Waals surface area contributed by atoms with Crippen LogP contribution >= 0.6 is 11.8 Å². The second kappa shape index (κ2) is 11.2. The molecule has 0 aliphatic heterocycles. The molecule has 2 aromatic rings. The highest BCUT2D eigenvalue weighted by Crippen LogP contribution is 2.25. The highest BCUT2D eigenvalue weighted by atomic mass is 32.2. The number of guanidine groups is 1. The minimum absolute atomic E-state index is 0.134. The lowest BCUT2D eigenvalue weighted by Gasteiger charge is -2.16. The van der Waals surface area contributed by atoms with Crippen LogP contribution in [0.1, 0.15) is 19.4 Å². The van der Waals surface area contributed by atoms with Crippen LogP contribution in [0.5, 0.6) is 5.75 Å². The van der Waals surface area contributed by atoms with Crippen LogP contribution in [0, 0.1) is 0 Å². The van der Waals surface area contributed by atoms with Crippen molar-refractivity contribution >= 4 is 29.3 Å². The van der Waals surface area contributed by atoms with E-state index in [4.69, 9.17) is 4.74 Å². The maximum absolute atomic E-state index is 11.4. The normalized spacial score (nSPS) is 12.2. The SMILES string of the molecule is CN=C(NCc1ccc(OC)c(NC(C)=O)c1)NCC(C)Sc1ccccc1. The van der Waals surface area contributed by atoms with E-state index in [0.29, 0.717) is 23.2 Å². The van der Waals surface area contributed by atoms with Crippen molar-refractivity contribution in [1.82, 2.24) is 10.6 Å². The number of nitrogens with zero attached hydrogens (tertiary/aromatic N) is 1. The Labute approximate surface area is 171 Å². The van der Waals surface area contributed by atoms with Gasteiger partial charge in [0.05, 0.1) is 12.8 Å². The van der Waals surface area contributed by atoms with E-state index in [-0.39, 0.29) is 5.91 Å². The summed E-state index contributed by atoms with van der Waals surface area (Å²) in [4.78, 5) is 16.9. The Morgan fingerprint density at radius 3 is 2.57 bits per heavy atom. The fourth-order valence-electron chi connectivity index (χ4n) is 2.57. The van der Waals surface area contributed by atoms with Crippen molar-refractivity contribution in [1.29, 1.82) is 0 Å². The molecule has 0 saturated heterocycles. The molecule has 0 heterocycles. The van der Waals surface area contributed by atoms with Gasteiger partial charge in [-0.1, -0.05) is 31.2 Å². The first-order valence-corrected chi connectivity index (χ1v) is 10.0. The van der Waals surface area contributed by atoms with Gasteiger partial charge in [0.15, 0.2) is 5.96 Å². The lowest BCUT2D eigenvalue weighted by atomic mass is 10.2. The number of hydrogen-bond donors (Lipinski definition) is 3. The van der Waals surface area contributed by atoms with Crippen molar-refractivity contribution in [3.05, 3.63) is 54.1 Å². The summed E-state index contributed by atoms with van der Waals surface area (Å²) in [5.41, 5.74) is 1.67. The maximum Gasteiger partial charge on any atom is 0.221 e. The Balaban J connectivity index is 1.87. The number of benzene rings is 2. The van der Waals surface area contributed by atoms with Gasteiger partial charge in [-0.2, -0.15) is 0 Å². The first-order valence-electron chi connectivity index (χ1n) is 9.12. The zero-order chi connectivity index (χ0) is 20.4. The number of rotatable bonds is 8. The zero-order valence-corrected chi connectivity index (χ0v) is 17.6. The monoisotopic (exact) mass is 400 g/mol. The van der Waals surface area contributed by atoms with Crippen molar-refractivity contribution in [3.8, 4) is 5.75 Å². The largest absolute Gasteiger partial charge is 0.495 e. The quantitative estimate of drug-likeness (QED) is 0.359. The van der Waals surface area contributed by atoms with Crippen molar-refractivity contribution < 1.29 is 9.53 Å². The van der Waals surface area contributed by atoms with Gasteiger partial charge in [0.1, 0.15) is 5.75 Å². The summed E-state index contributed by atoms with van der Waals surface area (Å²) in [5.74, 6) is 1.23. The molecule has 28 heavy (non-hydrogen) atoms. The van der Waals surface area contributed by atoms with Crippen LogP contribution in [0.15, 0.2) is 58.4 Å². The number of aliphatic imine (C=N–C) groups is 1. The molecule has 1 atom stereocenters. The third-order valence-corrected chi connectivity index (χ3v) is 5.01. The minimum Gasteiger partial charge on any atom is -0.495 e. The van der Waals surface area contributed by atoms with E-state index >= 15 is 0 Å². The number of nitrogens with one attached hydrogen (secondary N) is 3. The minimum atomic E-state index is -0.134. The van der Waals surface area contributed by atoms with Crippen molar-refractivity contribution in [2.75, 3.05) is 26.0 Å². The van der Waals surface area contributed by atoms with Gasteiger partial charge in [-0.3, -0.25) is 9.79 Å². The van der Waals surface area contributed by atoms with Gasteiger partial charge in [0, 0.05) is 37.2 Å². The van der Waals surface area contributed by atoms with E-state index in [1.54, 1.807) is 14.2 Å². The molecule has 0 spiro atoms. The third kappa shape index (κ3) is 7.15. The summed E-state index contributed by atoms with van der Waals surface area (Å²) in [6, 6.07) is 16.0. The average Bonchev–Trinajstić information content (AvgIpc) is 2.68. The molecule has 1 amide bonds. The first kappa shape index (κ1) is 21.6. The van der Waals surface area contributed by atoms with E-state index in [2.05, 4.69) is 40.0 Å². The van der Waals surface area contributed by atoms with Crippen LogP contribution in [-0.2, 0) is 11.3 Å². The topological polar surface area (TPSA) is 74.8 Å². The standard InChI is InChI=1S/C21H28N4O2S/c1-15(28-18-8-6-5-7-9-18)13-23-21(22-3)24-14-17-10-11-20(27-4)19(12-17)25-16(2)26/h5-12,15H,13-14H2,1-4H3,(H,25,26)(H2,22,23,24). The van der Waals surface area contributed by atoms with Gasteiger partial charge in [-0.15, -0.1) is 11.8 Å². The van der Waals surface area contributed by atoms with Crippen LogP contribution in [0.4, 0.5) is 5.69 Å². The molecule has 0 saturated carbocycles. The van der Waals surface area contributed by atoms with Crippen molar-refractivity contribution in [2.45, 2.75) is 30.5 Å². The number of carbonyl (C=O) groups excluding carboxylic acids is 1. The summed E-state index contributed by atoms with van der Waals surface area (Å²) in [5, 5.41) is 9.84. The molecule has 1 unspecified atom stereocenters. The lowest BCUT2D eigenvalue weighted by Crippen LogP contribution is -2.39. The number of amides is 1. The summed E-state index contributed by atoms with van der Waals surface area (Å²) in [6.45, 7) is 5.03. The van der Waals surface area contributed by atoms with Gasteiger partial charge in [0.2, 0.25) is 5.91 Å². The second-order valence-corrected chi connectivity index (χ2v) is 7.78. The van der Waals surface area contributed by atoms with Crippen LogP contribution < -0.4 is 20.7 Å². The lowest BCUT2D eigenvalue weighted by molar-refractivity contribution is -0.114. The number of methoxy groups -OCH3 is 1. The van der Waals surface area contributed by atoms with Crippen molar-refractivity contribution in [2.24, 2.45) is 4.99 Å². The predicted octanol–water partition coefficient (Wildman–Crippen LogP) is 3.50. The molecule has 0 aromatic heterocycles. The highest BCUT2D eigenvalue weighted by Gasteiger charge is 2.08. The Morgan fingerprint density at radius 2 is 1.93 bits per heavy atom. The van der Waals surface area contributed by atoms with E-state index in [9.17, 15) is 4.79 Å². The molecule has 3 N–H and O–H groups in total. The van der Waals surface area contributed by atoms with E-state index in [0.717, 1.165) is 18.1 Å². The first-order chi connectivity index (χ1) is 13.5. The Hall–Kier alpha value is -2.67. The number of hydrogen-bond acceptors (Lipinski definition) is 4. The summed E-state index contributed by atoms with van der Waals surface area (Å²) in [6.07, 6.45) is 0. The Morgan fingerprint density at radius 1 is 1.18 bits per heavy atom. The molecule has 7 heteroatoms. The molecule has 0 aliphatic rings. The van der Waals surface area contributed by atoms with Gasteiger partial charge >= 0.3 is 0 Å². The molecular formula is C21H28N4O2S. The molecule has 2 rings (SSSR count). The summed E-state index contributed by atoms with van der Waals surface area (Å²) < 4.78 is 5.29. The molecule has 0 radical (unpaired) electrons. The Kier molecular flexibility index (Phi) is 8.68. The molecule has 6 nitrogen and oxygen atoms in total. The van der Waals surface area contributed by atoms with Gasteiger partial charge in [-0.05, 0) is 29.8 Å². The van der Waals surface area contributed by atoms with Crippen LogP contribution in [-0.4, -0.2) is 37.8 Å². The number of thioether (sulfide) groups is 1. The maximum atomic E-state index is 11.4. The molecule has 0 fully saturated rings. The number of carbonyl (C=O) groups is 1. The van der Waals surface area contributed by atoms with E-state index < -0.39 is 0 Å². The fraction of sp³-hybridized carbons (Fsp3) is 0.333. The fourth-order valence-corrected chi connectivity index (χ4v) is 3.52. The zero-order valence-electron chi connectivity index (χ0n) is 16.8. The second-order valence-electron chi connectivity index (χ2n) is 6.26. The average molecular weight is 401 g/mol. The Bertz CT molecular complexity index is 796. The van der Waals surface area contributed by atoms with E-state index in [1.807, 2.05) is 48.2 Å². The van der Waals surface area contributed by atoms with Gasteiger partial charge in [-0.25, -0.2) is 0 Å². The predicted molar refractivity (Wildman–Crippen MR) is 117 cm³/mol. The molecule has 2 aromatic carbocycles. The van der Waals surface area contributed by atoms with Crippen molar-refractivity contribution in [3.63, 3.8) is 0 Å². The molecule has 150 valence electrons. The van der Waals surface area contributed by atoms with Gasteiger partial charge < -0.3 is 20.7 Å². The van der Waals surface area contributed by atoms with Crippen LogP contribution in [0.2, 0.25) is 0 Å². The molecular weight excluding hydrogens is 372 g/mol. The molecule has 0 aliphatic carbocycles. The summed E-state index contributed by atoms with van der Waals surface area (Å²) >= 11 is 1.82. The van der Waals surface area contributed by atoms with E-state index in [1.165, 1.54) is 11.8 Å². The number of ether oxygens (including phenoxy) is 1. The van der Waals surface area contributed by atoms with Crippen LogP contribution in [0.3, 0.4) is 0 Å². The van der Waals surface area contributed by atoms with Gasteiger partial charge in [0.25, 0.3) is 0 Å². The summed E-state index contributed by atoms with van der Waals surface area (Å²) in [7, 11) is 3.33. The highest BCUT2D eigenvalue weighted by molar-refractivity contribution is 8.00. The third-order valence-electron chi connectivity index (χ3n) is 3.90. The molecule has 0 bridgehead atoms. The smallest absolute Gasteiger partial charge is 0.221 e. The van der Waals surface area contributed by atoms with Crippen LogP contribution in [0.25, 0.3) is 0 Å². The number of anilines is 1.